The van der Waals surface area contributed by atoms with Crippen LogP contribution < -0.4 is 14.5 Å². The van der Waals surface area contributed by atoms with Gasteiger partial charge in [0.25, 0.3) is 0 Å². The van der Waals surface area contributed by atoms with Crippen molar-refractivity contribution in [3.05, 3.63) is 96.1 Å². The van der Waals surface area contributed by atoms with Crippen LogP contribution in [0.1, 0.15) is 15.9 Å². The first-order chi connectivity index (χ1) is 22.5. The Morgan fingerprint density at radius 3 is 2.13 bits per heavy atom. The number of hydrogen-bond acceptors (Lipinski definition) is 8. The van der Waals surface area contributed by atoms with E-state index in [-0.39, 0.29) is 23.8 Å². The number of halogens is 3. The highest BCUT2D eigenvalue weighted by atomic mass is 32.2. The fourth-order valence-corrected chi connectivity index (χ4v) is 7.19. The lowest BCUT2D eigenvalue weighted by molar-refractivity contribution is -0.274. The number of hydrogen-bond donors (Lipinski definition) is 0. The van der Waals surface area contributed by atoms with Gasteiger partial charge in [0, 0.05) is 74.6 Å². The minimum Gasteiger partial charge on any atom is -0.406 e. The highest BCUT2D eigenvalue weighted by molar-refractivity contribution is 7.89. The summed E-state index contributed by atoms with van der Waals surface area (Å²) in [7, 11) is -1.79. The molecule has 13 heteroatoms. The Morgan fingerprint density at radius 2 is 1.47 bits per heavy atom. The highest BCUT2D eigenvalue weighted by Gasteiger charge is 2.32. The number of pyridine rings is 1. The molecule has 2 saturated heterocycles. The first kappa shape index (κ1) is 32.5. The number of rotatable bonds is 8. The van der Waals surface area contributed by atoms with Crippen molar-refractivity contribution >= 4 is 44.3 Å². The molecule has 0 aliphatic carbocycles. The Kier molecular flexibility index (Phi) is 9.22. The monoisotopic (exact) mass is 665 g/mol. The van der Waals surface area contributed by atoms with E-state index in [2.05, 4.69) is 27.7 Å². The summed E-state index contributed by atoms with van der Waals surface area (Å²) in [6, 6.07) is 21.4. The molecule has 9 nitrogen and oxygen atoms in total. The van der Waals surface area contributed by atoms with Gasteiger partial charge in [-0.25, -0.2) is 13.4 Å². The van der Waals surface area contributed by atoms with Gasteiger partial charge in [-0.2, -0.15) is 4.31 Å². The number of fused-ring (bicyclic) bond motifs is 1. The van der Waals surface area contributed by atoms with Crippen molar-refractivity contribution in [1.29, 1.82) is 0 Å². The average Bonchev–Trinajstić information content (AvgIpc) is 3.07. The molecule has 0 atom stereocenters. The van der Waals surface area contributed by atoms with Crippen LogP contribution in [0, 0.1) is 0 Å². The van der Waals surface area contributed by atoms with Crippen LogP contribution in [0.15, 0.2) is 89.8 Å². The number of piperazine rings is 2. The molecule has 3 aromatic carbocycles. The molecule has 246 valence electrons. The molecule has 0 unspecified atom stereocenters. The molecule has 0 saturated carbocycles. The second kappa shape index (κ2) is 13.3. The summed E-state index contributed by atoms with van der Waals surface area (Å²) >= 11 is 0. The number of likely N-dealkylation sites (N-methyl/N-ethyl adjacent to an activating group) is 1. The Morgan fingerprint density at radius 1 is 0.830 bits per heavy atom. The Balaban J connectivity index is 1.10. The van der Waals surface area contributed by atoms with Gasteiger partial charge in [-0.05, 0) is 79.9 Å². The van der Waals surface area contributed by atoms with Crippen LogP contribution in [0.25, 0.3) is 17.0 Å². The third kappa shape index (κ3) is 7.58. The van der Waals surface area contributed by atoms with Crippen molar-refractivity contribution in [3.63, 3.8) is 0 Å². The molecular formula is C34H34F3N5O4S. The van der Waals surface area contributed by atoms with Crippen LogP contribution in [0.4, 0.5) is 24.7 Å². The van der Waals surface area contributed by atoms with Gasteiger partial charge in [-0.3, -0.25) is 4.79 Å². The van der Waals surface area contributed by atoms with E-state index >= 15 is 0 Å². The Labute approximate surface area is 271 Å². The number of allylic oxidation sites excluding steroid dienone is 1. The van der Waals surface area contributed by atoms with Gasteiger partial charge in [-0.15, -0.1) is 13.2 Å². The molecule has 47 heavy (non-hydrogen) atoms. The molecule has 0 spiro atoms. The number of nitrogens with zero attached hydrogens (tertiary/aromatic N) is 5. The van der Waals surface area contributed by atoms with E-state index in [0.29, 0.717) is 18.7 Å². The SMILES string of the molecule is CN1CCN(c2nc3ccccc3cc2/C=C/C(=O)c2ccc(N3CCN(S(=O)(=O)c4ccc(OC(F)(F)F)cc4)CC3)cc2)CC1. The number of carbonyl (C=O) groups excluding carboxylic acids is 1. The molecule has 2 aliphatic rings. The molecule has 0 radical (unpaired) electrons. The maximum atomic E-state index is 13.2. The molecule has 1 aromatic heterocycles. The number of carbonyl (C=O) groups is 1. The summed E-state index contributed by atoms with van der Waals surface area (Å²) in [5.41, 5.74) is 3.18. The van der Waals surface area contributed by atoms with E-state index in [0.717, 1.165) is 78.4 Å². The Bertz CT molecular complexity index is 1870. The largest absolute Gasteiger partial charge is 0.573 e. The number of aromatic nitrogens is 1. The maximum Gasteiger partial charge on any atom is 0.573 e. The van der Waals surface area contributed by atoms with Crippen molar-refractivity contribution in [3.8, 4) is 5.75 Å². The molecule has 0 amide bonds. The normalized spacial score (nSPS) is 17.0. The molecule has 0 N–H and O–H groups in total. The molecule has 2 aliphatic heterocycles. The summed E-state index contributed by atoms with van der Waals surface area (Å²) in [5.74, 6) is 0.237. The second-order valence-electron chi connectivity index (χ2n) is 11.5. The molecule has 2 fully saturated rings. The van der Waals surface area contributed by atoms with Gasteiger partial charge >= 0.3 is 6.36 Å². The van der Waals surface area contributed by atoms with Crippen molar-refractivity contribution in [2.24, 2.45) is 0 Å². The Hall–Kier alpha value is -4.46. The van der Waals surface area contributed by atoms with E-state index in [1.165, 1.54) is 4.31 Å². The first-order valence-corrected chi connectivity index (χ1v) is 16.7. The van der Waals surface area contributed by atoms with Gasteiger partial charge in [-0.1, -0.05) is 18.2 Å². The minimum absolute atomic E-state index is 0.105. The van der Waals surface area contributed by atoms with E-state index in [4.69, 9.17) is 4.98 Å². The summed E-state index contributed by atoms with van der Waals surface area (Å²) in [6.45, 7) is 4.79. The standard InChI is InChI=1S/C34H34F3N5O4S/c1-39-16-18-41(19-17-39)33-27(24-26-4-2-3-5-31(26)38-33)8-15-32(43)25-6-9-28(10-7-25)40-20-22-42(23-21-40)47(44,45)30-13-11-29(12-14-30)46-34(35,36)37/h2-15,24H,16-23H2,1H3/b15-8+. The van der Waals surface area contributed by atoms with E-state index < -0.39 is 22.1 Å². The van der Waals surface area contributed by atoms with Gasteiger partial charge in [0.2, 0.25) is 10.0 Å². The lowest BCUT2D eigenvalue weighted by Crippen LogP contribution is -2.48. The molecule has 0 bridgehead atoms. The third-order valence-electron chi connectivity index (χ3n) is 8.40. The quantitative estimate of drug-likeness (QED) is 0.186. The zero-order valence-corrected chi connectivity index (χ0v) is 26.5. The smallest absolute Gasteiger partial charge is 0.406 e. The number of benzene rings is 3. The minimum atomic E-state index is -4.86. The summed E-state index contributed by atoms with van der Waals surface area (Å²) in [4.78, 5) is 24.6. The third-order valence-corrected chi connectivity index (χ3v) is 10.3. The van der Waals surface area contributed by atoms with E-state index in [9.17, 15) is 26.4 Å². The van der Waals surface area contributed by atoms with Crippen LogP contribution >= 0.6 is 0 Å². The maximum absolute atomic E-state index is 13.2. The molecule has 4 aromatic rings. The molecular weight excluding hydrogens is 631 g/mol. The predicted octanol–water partition coefficient (Wildman–Crippen LogP) is 5.29. The summed E-state index contributed by atoms with van der Waals surface area (Å²) in [5, 5.41) is 1.00. The van der Waals surface area contributed by atoms with Crippen molar-refractivity contribution in [2.45, 2.75) is 11.3 Å². The van der Waals surface area contributed by atoms with Crippen LogP contribution in [0.3, 0.4) is 0 Å². The van der Waals surface area contributed by atoms with Crippen molar-refractivity contribution in [2.75, 3.05) is 69.2 Å². The van der Waals surface area contributed by atoms with Crippen LogP contribution in [-0.4, -0.2) is 94.2 Å². The van der Waals surface area contributed by atoms with Crippen molar-refractivity contribution < 1.29 is 31.1 Å². The van der Waals surface area contributed by atoms with Crippen LogP contribution in [0.5, 0.6) is 5.75 Å². The van der Waals surface area contributed by atoms with Crippen LogP contribution in [-0.2, 0) is 10.0 Å². The van der Waals surface area contributed by atoms with Gasteiger partial charge in [0.1, 0.15) is 11.6 Å². The number of ether oxygens (including phenoxy) is 1. The number of anilines is 2. The second-order valence-corrected chi connectivity index (χ2v) is 13.5. The van der Waals surface area contributed by atoms with E-state index in [1.54, 1.807) is 18.2 Å². The molecule has 6 rings (SSSR count). The lowest BCUT2D eigenvalue weighted by Gasteiger charge is -2.35. The average molecular weight is 666 g/mol. The zero-order chi connectivity index (χ0) is 33.2. The first-order valence-electron chi connectivity index (χ1n) is 15.2. The summed E-state index contributed by atoms with van der Waals surface area (Å²) in [6.07, 6.45) is -1.45. The van der Waals surface area contributed by atoms with E-state index in [1.807, 2.05) is 47.4 Å². The van der Waals surface area contributed by atoms with Gasteiger partial charge in [0.05, 0.1) is 10.4 Å². The predicted molar refractivity (Wildman–Crippen MR) is 175 cm³/mol. The fraction of sp³-hybridized carbons (Fsp3) is 0.294. The topological polar surface area (TPSA) is 86.3 Å². The fourth-order valence-electron chi connectivity index (χ4n) is 5.76. The number of alkyl halides is 3. The lowest BCUT2D eigenvalue weighted by atomic mass is 10.1. The summed E-state index contributed by atoms with van der Waals surface area (Å²) < 4.78 is 68.7. The van der Waals surface area contributed by atoms with Gasteiger partial charge in [0.15, 0.2) is 5.78 Å². The van der Waals surface area contributed by atoms with Crippen molar-refractivity contribution in [1.82, 2.24) is 14.2 Å². The number of ketones is 1. The van der Waals surface area contributed by atoms with Gasteiger partial charge < -0.3 is 19.4 Å². The highest BCUT2D eigenvalue weighted by Crippen LogP contribution is 2.28. The zero-order valence-electron chi connectivity index (χ0n) is 25.7. The number of sulfonamides is 1. The van der Waals surface area contributed by atoms with Crippen LogP contribution in [0.2, 0.25) is 0 Å². The molecule has 3 heterocycles. The number of para-hydroxylation sites is 1.